The Bertz CT molecular complexity index is 494. The summed E-state index contributed by atoms with van der Waals surface area (Å²) in [6.07, 6.45) is 1.11. The van der Waals surface area contributed by atoms with Crippen LogP contribution in [0.5, 0.6) is 11.5 Å². The van der Waals surface area contributed by atoms with Crippen molar-refractivity contribution in [2.45, 2.75) is 19.4 Å². The minimum absolute atomic E-state index is 0.350. The van der Waals surface area contributed by atoms with Gasteiger partial charge in [0.05, 0.1) is 31.0 Å². The summed E-state index contributed by atoms with van der Waals surface area (Å²) in [5.41, 5.74) is 0.800. The number of hydrogen-bond donors (Lipinski definition) is 1. The van der Waals surface area contributed by atoms with E-state index in [2.05, 4.69) is 17.2 Å². The molecule has 0 amide bonds. The van der Waals surface area contributed by atoms with E-state index in [-0.39, 0.29) is 0 Å². The third kappa shape index (κ3) is 3.48. The number of nitrogens with one attached hydrogen (secondary N) is 1. The van der Waals surface area contributed by atoms with E-state index < -0.39 is 0 Å². The van der Waals surface area contributed by atoms with Gasteiger partial charge in [-0.2, -0.15) is 0 Å². The number of halogens is 1. The number of ether oxygens (including phenoxy) is 2. The molecule has 1 heterocycles. The first-order chi connectivity index (χ1) is 9.13. The second-order valence-corrected chi connectivity index (χ2v) is 5.72. The Morgan fingerprint density at radius 1 is 1.32 bits per heavy atom. The Labute approximate surface area is 122 Å². The van der Waals surface area contributed by atoms with Gasteiger partial charge in [-0.3, -0.25) is 4.99 Å². The second kappa shape index (κ2) is 6.39. The molecule has 104 valence electrons. The van der Waals surface area contributed by atoms with Crippen molar-refractivity contribution in [2.75, 3.05) is 25.3 Å². The van der Waals surface area contributed by atoms with Gasteiger partial charge in [0.1, 0.15) is 11.5 Å². The normalized spacial score (nSPS) is 18.7. The fourth-order valence-electron chi connectivity index (χ4n) is 1.77. The highest BCUT2D eigenvalue weighted by Crippen LogP contribution is 2.36. The molecule has 1 aliphatic rings. The standard InChI is InChI=1S/C13H17ClN2O2S/c1-8-4-5-19-13(15-8)16-10-6-9(14)11(17-2)7-12(10)18-3/h6-8H,4-5H2,1-3H3,(H,15,16). The number of hydrogen-bond acceptors (Lipinski definition) is 5. The highest BCUT2D eigenvalue weighted by molar-refractivity contribution is 8.14. The fraction of sp³-hybridized carbons (Fsp3) is 0.462. The molecule has 0 aliphatic carbocycles. The molecule has 1 N–H and O–H groups in total. The minimum atomic E-state index is 0.350. The minimum Gasteiger partial charge on any atom is -0.495 e. The number of benzene rings is 1. The second-order valence-electron chi connectivity index (χ2n) is 4.23. The first-order valence-electron chi connectivity index (χ1n) is 6.03. The number of aliphatic imine (C=N–C) groups is 1. The molecule has 4 nitrogen and oxygen atoms in total. The topological polar surface area (TPSA) is 42.9 Å². The van der Waals surface area contributed by atoms with Crippen LogP contribution in [0, 0.1) is 0 Å². The molecule has 1 aromatic carbocycles. The van der Waals surface area contributed by atoms with Gasteiger partial charge in [0.2, 0.25) is 0 Å². The van der Waals surface area contributed by atoms with Gasteiger partial charge in [0, 0.05) is 11.8 Å². The van der Waals surface area contributed by atoms with E-state index in [9.17, 15) is 0 Å². The molecule has 0 aromatic heterocycles. The van der Waals surface area contributed by atoms with Crippen LogP contribution in [0.25, 0.3) is 0 Å². The average Bonchev–Trinajstić information content (AvgIpc) is 2.39. The molecule has 0 radical (unpaired) electrons. The Hall–Kier alpha value is -1.07. The van der Waals surface area contributed by atoms with E-state index in [1.165, 1.54) is 0 Å². The molecule has 0 fully saturated rings. The Kier molecular flexibility index (Phi) is 4.82. The molecular formula is C13H17ClN2O2S. The maximum Gasteiger partial charge on any atom is 0.161 e. The maximum absolute atomic E-state index is 6.14. The zero-order valence-corrected chi connectivity index (χ0v) is 12.8. The molecule has 1 atom stereocenters. The summed E-state index contributed by atoms with van der Waals surface area (Å²) in [7, 11) is 3.20. The number of rotatable bonds is 3. The summed E-state index contributed by atoms with van der Waals surface area (Å²) >= 11 is 7.84. The molecule has 6 heteroatoms. The van der Waals surface area contributed by atoms with E-state index in [0.717, 1.165) is 23.0 Å². The molecule has 1 aliphatic heterocycles. The third-order valence-electron chi connectivity index (χ3n) is 2.83. The molecular weight excluding hydrogens is 284 g/mol. The fourth-order valence-corrected chi connectivity index (χ4v) is 3.10. The summed E-state index contributed by atoms with van der Waals surface area (Å²) in [6, 6.07) is 3.91. The molecule has 0 spiro atoms. The van der Waals surface area contributed by atoms with Gasteiger partial charge in [0.25, 0.3) is 0 Å². The van der Waals surface area contributed by atoms with Crippen LogP contribution >= 0.6 is 23.4 Å². The van der Waals surface area contributed by atoms with Gasteiger partial charge in [-0.1, -0.05) is 23.4 Å². The predicted octanol–water partition coefficient (Wildman–Crippen LogP) is 3.65. The first kappa shape index (κ1) is 14.3. The quantitative estimate of drug-likeness (QED) is 0.925. The summed E-state index contributed by atoms with van der Waals surface area (Å²) in [6.45, 7) is 2.11. The van der Waals surface area contributed by atoms with Crippen LogP contribution in [-0.4, -0.2) is 31.2 Å². The van der Waals surface area contributed by atoms with Gasteiger partial charge >= 0.3 is 0 Å². The lowest BCUT2D eigenvalue weighted by molar-refractivity contribution is 0.396. The van der Waals surface area contributed by atoms with Crippen LogP contribution < -0.4 is 14.8 Å². The van der Waals surface area contributed by atoms with Crippen LogP contribution in [0.4, 0.5) is 5.69 Å². The van der Waals surface area contributed by atoms with E-state index in [4.69, 9.17) is 21.1 Å². The van der Waals surface area contributed by atoms with E-state index in [1.54, 1.807) is 38.1 Å². The molecule has 0 saturated heterocycles. The van der Waals surface area contributed by atoms with E-state index >= 15 is 0 Å². The monoisotopic (exact) mass is 300 g/mol. The lowest BCUT2D eigenvalue weighted by Crippen LogP contribution is -2.18. The van der Waals surface area contributed by atoms with Crippen LogP contribution in [-0.2, 0) is 0 Å². The van der Waals surface area contributed by atoms with Gasteiger partial charge in [0.15, 0.2) is 5.17 Å². The van der Waals surface area contributed by atoms with Gasteiger partial charge in [-0.25, -0.2) is 0 Å². The molecule has 2 rings (SSSR count). The van der Waals surface area contributed by atoms with Crippen molar-refractivity contribution >= 4 is 34.2 Å². The summed E-state index contributed by atoms with van der Waals surface area (Å²) in [4.78, 5) is 4.56. The van der Waals surface area contributed by atoms with E-state index in [0.29, 0.717) is 22.6 Å². The highest BCUT2D eigenvalue weighted by Gasteiger charge is 2.15. The molecule has 0 bridgehead atoms. The number of methoxy groups -OCH3 is 2. The third-order valence-corrected chi connectivity index (χ3v) is 4.04. The van der Waals surface area contributed by atoms with Crippen LogP contribution in [0.1, 0.15) is 13.3 Å². The van der Waals surface area contributed by atoms with Gasteiger partial charge in [-0.15, -0.1) is 0 Å². The molecule has 1 aromatic rings. The average molecular weight is 301 g/mol. The maximum atomic E-state index is 6.14. The lowest BCUT2D eigenvalue weighted by Gasteiger charge is -2.19. The Morgan fingerprint density at radius 3 is 2.68 bits per heavy atom. The zero-order valence-electron chi connectivity index (χ0n) is 11.2. The van der Waals surface area contributed by atoms with Crippen LogP contribution in [0.2, 0.25) is 5.02 Å². The summed E-state index contributed by atoms with van der Waals surface area (Å²) in [5, 5.41) is 4.71. The van der Waals surface area contributed by atoms with Crippen molar-refractivity contribution in [1.29, 1.82) is 0 Å². The predicted molar refractivity (Wildman–Crippen MR) is 82.2 cm³/mol. The van der Waals surface area contributed by atoms with Crippen molar-refractivity contribution in [3.8, 4) is 11.5 Å². The highest BCUT2D eigenvalue weighted by atomic mass is 35.5. The largest absolute Gasteiger partial charge is 0.495 e. The van der Waals surface area contributed by atoms with Crippen molar-refractivity contribution in [1.82, 2.24) is 0 Å². The van der Waals surface area contributed by atoms with Crippen molar-refractivity contribution in [2.24, 2.45) is 4.99 Å². The zero-order chi connectivity index (χ0) is 13.8. The Balaban J connectivity index is 2.26. The number of amidine groups is 1. The van der Waals surface area contributed by atoms with Crippen LogP contribution in [0.15, 0.2) is 17.1 Å². The molecule has 19 heavy (non-hydrogen) atoms. The Morgan fingerprint density at radius 2 is 2.05 bits per heavy atom. The summed E-state index contributed by atoms with van der Waals surface area (Å²) in [5.74, 6) is 2.34. The lowest BCUT2D eigenvalue weighted by atomic mass is 10.2. The van der Waals surface area contributed by atoms with Crippen molar-refractivity contribution in [3.63, 3.8) is 0 Å². The van der Waals surface area contributed by atoms with E-state index in [1.807, 2.05) is 0 Å². The van der Waals surface area contributed by atoms with Gasteiger partial charge < -0.3 is 14.8 Å². The first-order valence-corrected chi connectivity index (χ1v) is 7.39. The number of thioether (sulfide) groups is 1. The number of nitrogens with zero attached hydrogens (tertiary/aromatic N) is 1. The number of anilines is 1. The molecule has 1 unspecified atom stereocenters. The van der Waals surface area contributed by atoms with Crippen LogP contribution in [0.3, 0.4) is 0 Å². The van der Waals surface area contributed by atoms with Gasteiger partial charge in [-0.05, 0) is 19.4 Å². The summed E-state index contributed by atoms with van der Waals surface area (Å²) < 4.78 is 10.5. The SMILES string of the molecule is COc1cc(OC)c(NC2=NC(C)CCS2)cc1Cl. The smallest absolute Gasteiger partial charge is 0.161 e. The molecule has 0 saturated carbocycles. The van der Waals surface area contributed by atoms with Crippen molar-refractivity contribution in [3.05, 3.63) is 17.2 Å². The van der Waals surface area contributed by atoms with Crippen molar-refractivity contribution < 1.29 is 9.47 Å².